The summed E-state index contributed by atoms with van der Waals surface area (Å²) in [7, 11) is 0. The van der Waals surface area contributed by atoms with Crippen LogP contribution in [0.3, 0.4) is 0 Å². The number of rotatable bonds is 3. The minimum atomic E-state index is -0.490. The molecule has 0 saturated heterocycles. The normalized spacial score (nSPS) is 8.75. The molecule has 0 saturated carbocycles. The van der Waals surface area contributed by atoms with Gasteiger partial charge >= 0.3 is 0 Å². The van der Waals surface area contributed by atoms with Gasteiger partial charge in [-0.05, 0) is 17.7 Å². The van der Waals surface area contributed by atoms with Crippen molar-refractivity contribution >= 4 is 27.3 Å². The lowest BCUT2D eigenvalue weighted by Gasteiger charge is -2.03. The lowest BCUT2D eigenvalue weighted by Crippen LogP contribution is -1.98. The summed E-state index contributed by atoms with van der Waals surface area (Å²) in [6.45, 7) is 0. The first-order valence-corrected chi connectivity index (χ1v) is 5.31. The summed E-state index contributed by atoms with van der Waals surface area (Å²) in [4.78, 5) is 0. The predicted octanol–water partition coefficient (Wildman–Crippen LogP) is 2.54. The Bertz CT molecular complexity index is 483. The molecule has 0 atom stereocenters. The maximum absolute atomic E-state index is 13.4. The van der Waals surface area contributed by atoms with Gasteiger partial charge in [-0.2, -0.15) is 15.6 Å². The Kier molecular flexibility index (Phi) is 4.43. The molecule has 6 heteroatoms. The van der Waals surface area contributed by atoms with E-state index >= 15 is 0 Å². The average Bonchev–Trinajstić information content (AvgIpc) is 2.32. The van der Waals surface area contributed by atoms with E-state index < -0.39 is 5.82 Å². The zero-order valence-corrected chi connectivity index (χ0v) is 9.62. The lowest BCUT2D eigenvalue weighted by molar-refractivity contribution is 0.629. The molecule has 1 aromatic carbocycles. The van der Waals surface area contributed by atoms with Crippen molar-refractivity contribution in [1.29, 1.82) is 10.5 Å². The molecule has 0 radical (unpaired) electrons. The number of nitrogens with one attached hydrogen (secondary N) is 1. The number of hydrazone groups is 1. The van der Waals surface area contributed by atoms with E-state index in [1.165, 1.54) is 12.1 Å². The zero-order valence-electron chi connectivity index (χ0n) is 8.04. The molecule has 0 unspecified atom stereocenters. The van der Waals surface area contributed by atoms with Crippen LogP contribution in [0.2, 0.25) is 0 Å². The van der Waals surface area contributed by atoms with Crippen LogP contribution in [0.15, 0.2) is 23.3 Å². The summed E-state index contributed by atoms with van der Waals surface area (Å²) in [5.74, 6) is -0.490. The van der Waals surface area contributed by atoms with Crippen LogP contribution in [0.1, 0.15) is 5.56 Å². The molecular weight excluding hydrogens is 275 g/mol. The minimum Gasteiger partial charge on any atom is -0.274 e. The van der Waals surface area contributed by atoms with Crippen LogP contribution < -0.4 is 5.43 Å². The molecule has 16 heavy (non-hydrogen) atoms. The standard InChI is InChI=1S/C10H6BrFN4/c11-4-7-1-2-10(9(12)3-7)16-15-8(5-13)6-14/h1-3,16H,4H2. The van der Waals surface area contributed by atoms with Crippen molar-refractivity contribution in [1.82, 2.24) is 0 Å². The van der Waals surface area contributed by atoms with E-state index in [0.717, 1.165) is 5.56 Å². The number of nitrogens with zero attached hydrogens (tertiary/aromatic N) is 3. The Morgan fingerprint density at radius 3 is 2.62 bits per heavy atom. The van der Waals surface area contributed by atoms with E-state index in [1.54, 1.807) is 18.2 Å². The molecule has 0 fully saturated rings. The van der Waals surface area contributed by atoms with Gasteiger partial charge in [0.2, 0.25) is 5.71 Å². The highest BCUT2D eigenvalue weighted by Crippen LogP contribution is 2.17. The molecule has 1 aromatic rings. The van der Waals surface area contributed by atoms with Crippen LogP contribution in [0, 0.1) is 28.5 Å². The molecule has 80 valence electrons. The first kappa shape index (κ1) is 12.2. The molecule has 0 bridgehead atoms. The van der Waals surface area contributed by atoms with Crippen molar-refractivity contribution < 1.29 is 4.39 Å². The third-order valence-electron chi connectivity index (χ3n) is 1.69. The van der Waals surface area contributed by atoms with E-state index in [9.17, 15) is 4.39 Å². The van der Waals surface area contributed by atoms with Crippen LogP contribution in [0.25, 0.3) is 0 Å². The third-order valence-corrected chi connectivity index (χ3v) is 2.34. The van der Waals surface area contributed by atoms with E-state index in [0.29, 0.717) is 5.33 Å². The molecule has 0 spiro atoms. The maximum Gasteiger partial charge on any atom is 0.237 e. The van der Waals surface area contributed by atoms with E-state index in [2.05, 4.69) is 26.5 Å². The Balaban J connectivity index is 2.88. The smallest absolute Gasteiger partial charge is 0.237 e. The first-order valence-electron chi connectivity index (χ1n) is 4.19. The van der Waals surface area contributed by atoms with E-state index in [4.69, 9.17) is 10.5 Å². The lowest BCUT2D eigenvalue weighted by atomic mass is 10.2. The molecule has 0 amide bonds. The van der Waals surface area contributed by atoms with Crippen LogP contribution >= 0.6 is 15.9 Å². The molecule has 0 aliphatic rings. The second-order valence-electron chi connectivity index (χ2n) is 2.74. The average molecular weight is 281 g/mol. The molecule has 0 heterocycles. The van der Waals surface area contributed by atoms with Gasteiger partial charge in [0.15, 0.2) is 0 Å². The van der Waals surface area contributed by atoms with Crippen LogP contribution in [0.4, 0.5) is 10.1 Å². The first-order chi connectivity index (χ1) is 7.71. The minimum absolute atomic E-state index is 0.118. The van der Waals surface area contributed by atoms with Crippen molar-refractivity contribution in [3.05, 3.63) is 29.6 Å². The molecule has 0 aromatic heterocycles. The number of halogens is 2. The molecule has 4 nitrogen and oxygen atoms in total. The van der Waals surface area contributed by atoms with Gasteiger partial charge in [-0.25, -0.2) is 4.39 Å². The highest BCUT2D eigenvalue weighted by molar-refractivity contribution is 9.08. The highest BCUT2D eigenvalue weighted by Gasteiger charge is 2.02. The highest BCUT2D eigenvalue weighted by atomic mass is 79.9. The second-order valence-corrected chi connectivity index (χ2v) is 3.30. The van der Waals surface area contributed by atoms with Crippen molar-refractivity contribution in [3.8, 4) is 12.1 Å². The fourth-order valence-electron chi connectivity index (χ4n) is 0.924. The van der Waals surface area contributed by atoms with Crippen molar-refractivity contribution in [2.45, 2.75) is 5.33 Å². The summed E-state index contributed by atoms with van der Waals surface area (Å²) in [6, 6.07) is 7.65. The summed E-state index contributed by atoms with van der Waals surface area (Å²) in [5.41, 5.74) is 2.86. The number of nitriles is 2. The fourth-order valence-corrected chi connectivity index (χ4v) is 1.27. The van der Waals surface area contributed by atoms with Gasteiger partial charge in [0, 0.05) is 5.33 Å². The number of anilines is 1. The largest absolute Gasteiger partial charge is 0.274 e. The molecule has 1 rings (SSSR count). The quantitative estimate of drug-likeness (QED) is 0.525. The Morgan fingerprint density at radius 1 is 1.44 bits per heavy atom. The number of alkyl halides is 1. The van der Waals surface area contributed by atoms with Gasteiger partial charge in [-0.15, -0.1) is 0 Å². The maximum atomic E-state index is 13.4. The topological polar surface area (TPSA) is 72.0 Å². The number of hydrogen-bond donors (Lipinski definition) is 1. The van der Waals surface area contributed by atoms with Gasteiger partial charge in [0.25, 0.3) is 0 Å². The van der Waals surface area contributed by atoms with Gasteiger partial charge in [-0.1, -0.05) is 22.0 Å². The van der Waals surface area contributed by atoms with Gasteiger partial charge in [0.1, 0.15) is 18.0 Å². The predicted molar refractivity (Wildman–Crippen MR) is 61.3 cm³/mol. The SMILES string of the molecule is N#CC(C#N)=NNc1ccc(CBr)cc1F. The van der Waals surface area contributed by atoms with Crippen LogP contribution in [-0.2, 0) is 5.33 Å². The molecule has 1 N–H and O–H groups in total. The Morgan fingerprint density at radius 2 is 2.12 bits per heavy atom. The summed E-state index contributed by atoms with van der Waals surface area (Å²) < 4.78 is 13.4. The van der Waals surface area contributed by atoms with Crippen molar-refractivity contribution in [2.75, 3.05) is 5.43 Å². The Hall–Kier alpha value is -1.92. The number of benzene rings is 1. The van der Waals surface area contributed by atoms with Crippen molar-refractivity contribution in [3.63, 3.8) is 0 Å². The van der Waals surface area contributed by atoms with E-state index in [1.807, 2.05) is 0 Å². The molecular formula is C10H6BrFN4. The molecule has 0 aliphatic heterocycles. The van der Waals surface area contributed by atoms with Gasteiger partial charge in [-0.3, -0.25) is 5.43 Å². The third kappa shape index (κ3) is 3.04. The Labute approximate surface area is 100 Å². The monoisotopic (exact) mass is 280 g/mol. The summed E-state index contributed by atoms with van der Waals surface area (Å²) >= 11 is 3.20. The van der Waals surface area contributed by atoms with Crippen LogP contribution in [-0.4, -0.2) is 5.71 Å². The fraction of sp³-hybridized carbons (Fsp3) is 0.100. The van der Waals surface area contributed by atoms with Crippen molar-refractivity contribution in [2.24, 2.45) is 5.10 Å². The van der Waals surface area contributed by atoms with Gasteiger partial charge in [0.05, 0.1) is 5.69 Å². The second kappa shape index (κ2) is 5.84. The molecule has 0 aliphatic carbocycles. The van der Waals surface area contributed by atoms with Gasteiger partial charge < -0.3 is 0 Å². The zero-order chi connectivity index (χ0) is 12.0. The number of hydrogen-bond acceptors (Lipinski definition) is 4. The van der Waals surface area contributed by atoms with Crippen LogP contribution in [0.5, 0.6) is 0 Å². The summed E-state index contributed by atoms with van der Waals surface area (Å²) in [5, 5.41) is 20.8. The summed E-state index contributed by atoms with van der Waals surface area (Å²) in [6.07, 6.45) is 0. The van der Waals surface area contributed by atoms with E-state index in [-0.39, 0.29) is 11.4 Å².